The molecule has 0 fully saturated rings. The second kappa shape index (κ2) is 8.10. The topological polar surface area (TPSA) is 49.8 Å². The van der Waals surface area contributed by atoms with Crippen LogP contribution in [0.4, 0.5) is 0 Å². The minimum atomic E-state index is 0.625. The first kappa shape index (κ1) is 18.6. The molecule has 4 aromatic rings. The Hall–Kier alpha value is -3.73. The Labute approximate surface area is 169 Å². The van der Waals surface area contributed by atoms with Gasteiger partial charge in [0, 0.05) is 10.9 Å². The van der Waals surface area contributed by atoms with Gasteiger partial charge in [0.05, 0.1) is 26.8 Å². The number of para-hydroxylation sites is 1. The number of methoxy groups -OCH3 is 3. The molecule has 29 heavy (non-hydrogen) atoms. The van der Waals surface area contributed by atoms with Crippen LogP contribution in [0, 0.1) is 0 Å². The number of aromatic nitrogens is 1. The molecule has 4 rings (SSSR count). The van der Waals surface area contributed by atoms with Gasteiger partial charge in [0.15, 0.2) is 5.75 Å². The van der Waals surface area contributed by atoms with Gasteiger partial charge < -0.3 is 18.9 Å². The summed E-state index contributed by atoms with van der Waals surface area (Å²) in [4.78, 5) is 4.87. The molecule has 0 unspecified atom stereocenters. The van der Waals surface area contributed by atoms with E-state index in [-0.39, 0.29) is 0 Å². The lowest BCUT2D eigenvalue weighted by Gasteiger charge is -2.15. The van der Waals surface area contributed by atoms with Crippen LogP contribution in [-0.4, -0.2) is 26.3 Å². The summed E-state index contributed by atoms with van der Waals surface area (Å²) in [5.74, 6) is 3.48. The zero-order chi connectivity index (χ0) is 20.2. The first-order valence-corrected chi connectivity index (χ1v) is 9.16. The van der Waals surface area contributed by atoms with Gasteiger partial charge in [-0.2, -0.15) is 0 Å². The van der Waals surface area contributed by atoms with E-state index in [2.05, 4.69) is 0 Å². The second-order valence-electron chi connectivity index (χ2n) is 6.37. The Kier molecular flexibility index (Phi) is 5.20. The normalized spacial score (nSPS) is 10.6. The average molecular weight is 387 g/mol. The van der Waals surface area contributed by atoms with E-state index in [1.807, 2.05) is 72.8 Å². The van der Waals surface area contributed by atoms with Crippen molar-refractivity contribution in [1.82, 2.24) is 4.98 Å². The Morgan fingerprint density at radius 2 is 1.31 bits per heavy atom. The van der Waals surface area contributed by atoms with Gasteiger partial charge in [0.1, 0.15) is 28.7 Å². The van der Waals surface area contributed by atoms with E-state index in [0.717, 1.165) is 22.2 Å². The number of hydrogen-bond acceptors (Lipinski definition) is 5. The Bertz CT molecular complexity index is 1140. The summed E-state index contributed by atoms with van der Waals surface area (Å²) in [6.45, 7) is 0. The summed E-state index contributed by atoms with van der Waals surface area (Å²) in [5.41, 5.74) is 2.34. The molecular weight excluding hydrogens is 366 g/mol. The van der Waals surface area contributed by atoms with Gasteiger partial charge in [-0.15, -0.1) is 0 Å². The van der Waals surface area contributed by atoms with Crippen molar-refractivity contribution in [2.24, 2.45) is 0 Å². The minimum Gasteiger partial charge on any atom is -0.497 e. The molecule has 0 atom stereocenters. The molecule has 0 N–H and O–H groups in total. The highest BCUT2D eigenvalue weighted by Gasteiger charge is 2.17. The molecule has 0 aliphatic heterocycles. The number of ether oxygens (including phenoxy) is 4. The van der Waals surface area contributed by atoms with E-state index < -0.39 is 0 Å². The van der Waals surface area contributed by atoms with Crippen LogP contribution in [-0.2, 0) is 0 Å². The smallest absolute Gasteiger partial charge is 0.154 e. The molecule has 0 amide bonds. The third-order valence-electron chi connectivity index (χ3n) is 4.64. The maximum absolute atomic E-state index is 6.23. The predicted molar refractivity (Wildman–Crippen MR) is 113 cm³/mol. The van der Waals surface area contributed by atoms with Crippen LogP contribution in [0.5, 0.6) is 28.7 Å². The van der Waals surface area contributed by atoms with Crippen LogP contribution >= 0.6 is 0 Å². The molecule has 0 aliphatic rings. The summed E-state index contributed by atoms with van der Waals surface area (Å²) in [6.07, 6.45) is 0. The number of fused-ring (bicyclic) bond motifs is 1. The van der Waals surface area contributed by atoms with Crippen LogP contribution in [0.1, 0.15) is 0 Å². The van der Waals surface area contributed by atoms with Crippen molar-refractivity contribution in [3.05, 3.63) is 72.8 Å². The molecule has 0 aliphatic carbocycles. The van der Waals surface area contributed by atoms with E-state index in [4.69, 9.17) is 23.9 Å². The second-order valence-corrected chi connectivity index (χ2v) is 6.37. The summed E-state index contributed by atoms with van der Waals surface area (Å²) < 4.78 is 22.4. The van der Waals surface area contributed by atoms with E-state index in [1.165, 1.54) is 0 Å². The molecule has 146 valence electrons. The molecule has 0 spiro atoms. The fourth-order valence-electron chi connectivity index (χ4n) is 3.14. The molecule has 0 saturated carbocycles. The Morgan fingerprint density at radius 1 is 0.621 bits per heavy atom. The average Bonchev–Trinajstić information content (AvgIpc) is 2.78. The fraction of sp³-hybridized carbons (Fsp3) is 0.125. The number of rotatable bonds is 6. The molecule has 0 saturated heterocycles. The summed E-state index contributed by atoms with van der Waals surface area (Å²) in [5, 5.41) is 0.988. The van der Waals surface area contributed by atoms with Crippen molar-refractivity contribution in [2.45, 2.75) is 0 Å². The van der Waals surface area contributed by atoms with Gasteiger partial charge in [0.25, 0.3) is 0 Å². The highest BCUT2D eigenvalue weighted by molar-refractivity contribution is 5.86. The van der Waals surface area contributed by atoms with Crippen molar-refractivity contribution >= 4 is 10.9 Å². The van der Waals surface area contributed by atoms with E-state index in [9.17, 15) is 0 Å². The predicted octanol–water partition coefficient (Wildman–Crippen LogP) is 5.72. The zero-order valence-corrected chi connectivity index (χ0v) is 16.5. The van der Waals surface area contributed by atoms with E-state index in [0.29, 0.717) is 28.7 Å². The highest BCUT2D eigenvalue weighted by Crippen LogP contribution is 2.40. The van der Waals surface area contributed by atoms with Crippen LogP contribution in [0.2, 0.25) is 0 Å². The number of benzene rings is 3. The van der Waals surface area contributed by atoms with Gasteiger partial charge in [-0.25, -0.2) is 4.98 Å². The summed E-state index contributed by atoms with van der Waals surface area (Å²) in [6, 6.07) is 23.0. The molecule has 0 bridgehead atoms. The maximum Gasteiger partial charge on any atom is 0.154 e. The van der Waals surface area contributed by atoms with Gasteiger partial charge >= 0.3 is 0 Å². The van der Waals surface area contributed by atoms with Gasteiger partial charge in [-0.3, -0.25) is 0 Å². The molecular formula is C24H21NO4. The molecule has 0 radical (unpaired) electrons. The van der Waals surface area contributed by atoms with Crippen molar-refractivity contribution < 1.29 is 18.9 Å². The van der Waals surface area contributed by atoms with Crippen LogP contribution < -0.4 is 18.9 Å². The minimum absolute atomic E-state index is 0.625. The SMILES string of the molecule is COc1ccc(Oc2cc3ccccc3nc2-c2cc(OC)ccc2OC)cc1. The lowest BCUT2D eigenvalue weighted by Crippen LogP contribution is -1.96. The molecule has 5 heteroatoms. The first-order valence-electron chi connectivity index (χ1n) is 9.16. The third-order valence-corrected chi connectivity index (χ3v) is 4.64. The van der Waals surface area contributed by atoms with Crippen LogP contribution in [0.3, 0.4) is 0 Å². The van der Waals surface area contributed by atoms with Crippen LogP contribution in [0.15, 0.2) is 72.8 Å². The quantitative estimate of drug-likeness (QED) is 0.423. The van der Waals surface area contributed by atoms with Crippen LogP contribution in [0.25, 0.3) is 22.2 Å². The maximum atomic E-state index is 6.23. The fourth-order valence-corrected chi connectivity index (χ4v) is 3.14. The summed E-state index contributed by atoms with van der Waals surface area (Å²) >= 11 is 0. The molecule has 1 aromatic heterocycles. The monoisotopic (exact) mass is 387 g/mol. The van der Waals surface area contributed by atoms with Crippen molar-refractivity contribution in [3.8, 4) is 40.0 Å². The molecule has 5 nitrogen and oxygen atoms in total. The van der Waals surface area contributed by atoms with Gasteiger partial charge in [-0.1, -0.05) is 18.2 Å². The standard InChI is InChI=1S/C24H21NO4/c1-26-17-8-10-18(11-9-17)29-23-14-16-6-4-5-7-21(16)25-24(23)20-15-19(27-2)12-13-22(20)28-3/h4-15H,1-3H3. The third kappa shape index (κ3) is 3.80. The Balaban J connectivity index is 1.88. The highest BCUT2D eigenvalue weighted by atomic mass is 16.5. The number of nitrogens with zero attached hydrogens (tertiary/aromatic N) is 1. The molecule has 3 aromatic carbocycles. The first-order chi connectivity index (χ1) is 14.2. The number of pyridine rings is 1. The van der Waals surface area contributed by atoms with Gasteiger partial charge in [-0.05, 0) is 54.6 Å². The zero-order valence-electron chi connectivity index (χ0n) is 16.5. The molecule has 1 heterocycles. The van der Waals surface area contributed by atoms with E-state index >= 15 is 0 Å². The van der Waals surface area contributed by atoms with E-state index in [1.54, 1.807) is 21.3 Å². The Morgan fingerprint density at radius 3 is 2.03 bits per heavy atom. The van der Waals surface area contributed by atoms with Crippen molar-refractivity contribution in [1.29, 1.82) is 0 Å². The summed E-state index contributed by atoms with van der Waals surface area (Å²) in [7, 11) is 4.90. The lowest BCUT2D eigenvalue weighted by atomic mass is 10.1. The van der Waals surface area contributed by atoms with Crippen molar-refractivity contribution in [3.63, 3.8) is 0 Å². The largest absolute Gasteiger partial charge is 0.497 e. The number of hydrogen-bond donors (Lipinski definition) is 0. The van der Waals surface area contributed by atoms with Crippen molar-refractivity contribution in [2.75, 3.05) is 21.3 Å². The van der Waals surface area contributed by atoms with Gasteiger partial charge in [0.2, 0.25) is 0 Å². The lowest BCUT2D eigenvalue weighted by molar-refractivity contribution is 0.404.